The van der Waals surface area contributed by atoms with Crippen molar-refractivity contribution in [3.63, 3.8) is 0 Å². The van der Waals surface area contributed by atoms with Crippen LogP contribution < -0.4 is 5.32 Å². The minimum Gasteiger partial charge on any atom is -0.441 e. The molecule has 0 aliphatic rings. The zero-order chi connectivity index (χ0) is 22.1. The number of carbonyl (C=O) groups is 1. The van der Waals surface area contributed by atoms with Crippen LogP contribution in [0.2, 0.25) is 0 Å². The predicted molar refractivity (Wildman–Crippen MR) is 127 cm³/mol. The monoisotopic (exact) mass is 442 g/mol. The molecular formula is C25H22N4O2S. The summed E-state index contributed by atoms with van der Waals surface area (Å²) in [6, 6.07) is 13.9. The Bertz CT molecular complexity index is 1370. The van der Waals surface area contributed by atoms with Crippen LogP contribution in [-0.2, 0) is 11.2 Å². The van der Waals surface area contributed by atoms with Crippen LogP contribution in [0.15, 0.2) is 70.9 Å². The van der Waals surface area contributed by atoms with Gasteiger partial charge in [-0.2, -0.15) is 0 Å². The summed E-state index contributed by atoms with van der Waals surface area (Å²) in [4.78, 5) is 22.3. The van der Waals surface area contributed by atoms with Crippen molar-refractivity contribution in [2.45, 2.75) is 26.7 Å². The summed E-state index contributed by atoms with van der Waals surface area (Å²) in [5.41, 5.74) is 6.12. The summed E-state index contributed by atoms with van der Waals surface area (Å²) in [5.74, 6) is 1.20. The van der Waals surface area contributed by atoms with E-state index in [0.717, 1.165) is 33.2 Å². The van der Waals surface area contributed by atoms with Crippen molar-refractivity contribution in [1.82, 2.24) is 14.4 Å². The molecule has 0 saturated carbocycles. The normalized spacial score (nSPS) is 11.2. The number of nitrogens with zero attached hydrogens (tertiary/aromatic N) is 3. The lowest BCUT2D eigenvalue weighted by molar-refractivity contribution is -0.116. The second-order valence-electron chi connectivity index (χ2n) is 7.76. The molecule has 0 spiro atoms. The smallest absolute Gasteiger partial charge is 0.224 e. The Hall–Kier alpha value is -3.71. The van der Waals surface area contributed by atoms with E-state index in [4.69, 9.17) is 4.42 Å². The molecule has 7 heteroatoms. The average molecular weight is 443 g/mol. The molecule has 0 radical (unpaired) electrons. The molecule has 1 N–H and O–H groups in total. The Kier molecular flexibility index (Phi) is 5.33. The number of amides is 1. The number of thiazole rings is 1. The Labute approximate surface area is 189 Å². The van der Waals surface area contributed by atoms with Gasteiger partial charge in [-0.3, -0.25) is 9.20 Å². The van der Waals surface area contributed by atoms with Crippen molar-refractivity contribution < 1.29 is 9.21 Å². The van der Waals surface area contributed by atoms with E-state index >= 15 is 0 Å². The molecule has 0 unspecified atom stereocenters. The number of hydrogen-bond donors (Lipinski definition) is 1. The molecule has 0 saturated heterocycles. The van der Waals surface area contributed by atoms with Gasteiger partial charge in [-0.05, 0) is 43.2 Å². The number of nitrogens with one attached hydrogen (secondary N) is 1. The molecule has 6 nitrogen and oxygen atoms in total. The highest BCUT2D eigenvalue weighted by Gasteiger charge is 2.11. The summed E-state index contributed by atoms with van der Waals surface area (Å²) >= 11 is 1.60. The molecule has 0 bridgehead atoms. The molecule has 3 heterocycles. The van der Waals surface area contributed by atoms with Gasteiger partial charge in [0.25, 0.3) is 0 Å². The van der Waals surface area contributed by atoms with Crippen molar-refractivity contribution in [2.24, 2.45) is 0 Å². The standard InChI is InChI=1S/C25H22N4O2S/c1-16-3-4-19(13-17(16)2)22-14-26-24(31-22)10-9-23(30)27-20-7-5-18(6-8-20)21-15-29-11-12-32-25(29)28-21/h3-8,11-15H,9-10H2,1-2H3,(H,27,30). The van der Waals surface area contributed by atoms with E-state index in [2.05, 4.69) is 41.3 Å². The van der Waals surface area contributed by atoms with Crippen LogP contribution in [0, 0.1) is 13.8 Å². The van der Waals surface area contributed by atoms with Crippen LogP contribution >= 0.6 is 11.3 Å². The Morgan fingerprint density at radius 2 is 1.91 bits per heavy atom. The van der Waals surface area contributed by atoms with Gasteiger partial charge in [0.05, 0.1) is 11.9 Å². The number of anilines is 1. The van der Waals surface area contributed by atoms with E-state index in [-0.39, 0.29) is 5.91 Å². The number of aromatic nitrogens is 3. The zero-order valence-electron chi connectivity index (χ0n) is 17.8. The third kappa shape index (κ3) is 4.20. The maximum absolute atomic E-state index is 12.4. The van der Waals surface area contributed by atoms with E-state index in [1.54, 1.807) is 17.5 Å². The lowest BCUT2D eigenvalue weighted by Crippen LogP contribution is -2.12. The van der Waals surface area contributed by atoms with E-state index in [9.17, 15) is 4.79 Å². The number of hydrogen-bond acceptors (Lipinski definition) is 5. The van der Waals surface area contributed by atoms with Gasteiger partial charge in [-0.25, -0.2) is 9.97 Å². The summed E-state index contributed by atoms with van der Waals surface area (Å²) in [7, 11) is 0. The van der Waals surface area contributed by atoms with Crippen molar-refractivity contribution in [1.29, 1.82) is 0 Å². The summed E-state index contributed by atoms with van der Waals surface area (Å²) in [6.45, 7) is 4.15. The maximum Gasteiger partial charge on any atom is 0.224 e. The Balaban J connectivity index is 1.18. The highest BCUT2D eigenvalue weighted by Crippen LogP contribution is 2.25. The molecular weight excluding hydrogens is 420 g/mol. The first kappa shape index (κ1) is 20.2. The van der Waals surface area contributed by atoms with Crippen LogP contribution in [-0.4, -0.2) is 20.3 Å². The fourth-order valence-corrected chi connectivity index (χ4v) is 4.19. The second kappa shape index (κ2) is 8.43. The molecule has 0 aliphatic carbocycles. The van der Waals surface area contributed by atoms with E-state index in [0.29, 0.717) is 18.7 Å². The first-order valence-electron chi connectivity index (χ1n) is 10.4. The van der Waals surface area contributed by atoms with E-state index < -0.39 is 0 Å². The largest absolute Gasteiger partial charge is 0.441 e. The van der Waals surface area contributed by atoms with Gasteiger partial charge >= 0.3 is 0 Å². The Morgan fingerprint density at radius 1 is 1.09 bits per heavy atom. The number of benzene rings is 2. The highest BCUT2D eigenvalue weighted by molar-refractivity contribution is 7.15. The Morgan fingerprint density at radius 3 is 2.69 bits per heavy atom. The van der Waals surface area contributed by atoms with Crippen molar-refractivity contribution in [3.05, 3.63) is 83.5 Å². The third-order valence-electron chi connectivity index (χ3n) is 5.47. The molecule has 3 aromatic heterocycles. The van der Waals surface area contributed by atoms with Crippen LogP contribution in [0.1, 0.15) is 23.4 Å². The molecule has 5 rings (SSSR count). The molecule has 0 atom stereocenters. The van der Waals surface area contributed by atoms with Crippen LogP contribution in [0.25, 0.3) is 27.5 Å². The predicted octanol–water partition coefficient (Wildman–Crippen LogP) is 5.91. The highest BCUT2D eigenvalue weighted by atomic mass is 32.1. The number of rotatable bonds is 6. The molecule has 5 aromatic rings. The van der Waals surface area contributed by atoms with Crippen LogP contribution in [0.5, 0.6) is 0 Å². The van der Waals surface area contributed by atoms with Gasteiger partial charge in [0.2, 0.25) is 5.91 Å². The van der Waals surface area contributed by atoms with Gasteiger partial charge in [0, 0.05) is 47.4 Å². The van der Waals surface area contributed by atoms with Gasteiger partial charge in [-0.1, -0.05) is 24.3 Å². The topological polar surface area (TPSA) is 72.4 Å². The third-order valence-corrected chi connectivity index (χ3v) is 6.24. The number of carbonyl (C=O) groups excluding carboxylic acids is 1. The first-order chi connectivity index (χ1) is 15.5. The molecule has 1 amide bonds. The number of fused-ring (bicyclic) bond motifs is 1. The number of oxazole rings is 1. The molecule has 0 fully saturated rings. The quantitative estimate of drug-likeness (QED) is 0.355. The zero-order valence-corrected chi connectivity index (χ0v) is 18.6. The molecule has 160 valence electrons. The van der Waals surface area contributed by atoms with E-state index in [1.807, 2.05) is 52.5 Å². The summed E-state index contributed by atoms with van der Waals surface area (Å²) < 4.78 is 7.85. The van der Waals surface area contributed by atoms with Gasteiger partial charge in [-0.15, -0.1) is 11.3 Å². The van der Waals surface area contributed by atoms with Gasteiger partial charge < -0.3 is 9.73 Å². The lowest BCUT2D eigenvalue weighted by atomic mass is 10.1. The lowest BCUT2D eigenvalue weighted by Gasteiger charge is -2.05. The SMILES string of the molecule is Cc1ccc(-c2cnc(CCC(=O)Nc3ccc(-c4cn5ccsc5n4)cc3)o2)cc1C. The average Bonchev–Trinajstić information content (AvgIpc) is 3.51. The number of aryl methyl sites for hydroxylation is 3. The van der Waals surface area contributed by atoms with Crippen molar-refractivity contribution in [2.75, 3.05) is 5.32 Å². The minimum atomic E-state index is -0.0776. The second-order valence-corrected chi connectivity index (χ2v) is 8.63. The van der Waals surface area contributed by atoms with Gasteiger partial charge in [0.1, 0.15) is 0 Å². The van der Waals surface area contributed by atoms with Crippen molar-refractivity contribution >= 4 is 27.9 Å². The van der Waals surface area contributed by atoms with Crippen LogP contribution in [0.4, 0.5) is 5.69 Å². The van der Waals surface area contributed by atoms with Crippen molar-refractivity contribution in [3.8, 4) is 22.6 Å². The molecule has 2 aromatic carbocycles. The number of imidazole rings is 1. The first-order valence-corrected chi connectivity index (χ1v) is 11.3. The van der Waals surface area contributed by atoms with Gasteiger partial charge in [0.15, 0.2) is 16.6 Å². The molecule has 0 aliphatic heterocycles. The minimum absolute atomic E-state index is 0.0776. The summed E-state index contributed by atoms with van der Waals surface area (Å²) in [5, 5.41) is 4.94. The summed E-state index contributed by atoms with van der Waals surface area (Å²) in [6.07, 6.45) is 6.45. The van der Waals surface area contributed by atoms with Crippen LogP contribution in [0.3, 0.4) is 0 Å². The fourth-order valence-electron chi connectivity index (χ4n) is 3.49. The fraction of sp³-hybridized carbons (Fsp3) is 0.160. The molecule has 32 heavy (non-hydrogen) atoms. The maximum atomic E-state index is 12.4. The van der Waals surface area contributed by atoms with E-state index in [1.165, 1.54) is 11.1 Å².